The van der Waals surface area contributed by atoms with E-state index in [0.29, 0.717) is 24.8 Å². The molecular weight excluding hydrogens is 420 g/mol. The predicted octanol–water partition coefficient (Wildman–Crippen LogP) is 3.47. The van der Waals surface area contributed by atoms with E-state index >= 15 is 0 Å². The number of aliphatic carboxylic acids is 1. The standard InChI is InChI=1S/C24H36N6O3/c1-15(2)13-20(22(31)32)28-24(33)25-14-16-9-11-17(12-10-16)26-23-27-19-8-6-5-7-18(19)21(29-23)30(3)4/h5-8,15-17,20H,9-14H2,1-4H3,(H,31,32)(H2,25,28,33)(H,26,27,29)/t16-,17+,20?. The van der Waals surface area contributed by atoms with Gasteiger partial charge >= 0.3 is 12.0 Å². The van der Waals surface area contributed by atoms with Gasteiger partial charge in [0.15, 0.2) is 0 Å². The fraction of sp³-hybridized carbons (Fsp3) is 0.583. The van der Waals surface area contributed by atoms with Crippen molar-refractivity contribution < 1.29 is 14.7 Å². The second-order valence-electron chi connectivity index (χ2n) is 9.52. The Kier molecular flexibility index (Phi) is 8.30. The number of carboxylic acid groups (broad SMARTS) is 1. The summed E-state index contributed by atoms with van der Waals surface area (Å²) in [6, 6.07) is 7.02. The molecule has 3 rings (SSSR count). The molecule has 2 aromatic rings. The number of aromatic nitrogens is 2. The lowest BCUT2D eigenvalue weighted by molar-refractivity contribution is -0.139. The van der Waals surface area contributed by atoms with Crippen molar-refractivity contribution in [1.82, 2.24) is 20.6 Å². The summed E-state index contributed by atoms with van der Waals surface area (Å²) >= 11 is 0. The highest BCUT2D eigenvalue weighted by atomic mass is 16.4. The minimum atomic E-state index is -1.00. The summed E-state index contributed by atoms with van der Waals surface area (Å²) in [6.07, 6.45) is 4.28. The van der Waals surface area contributed by atoms with Crippen molar-refractivity contribution in [1.29, 1.82) is 0 Å². The van der Waals surface area contributed by atoms with E-state index in [2.05, 4.69) is 16.0 Å². The summed E-state index contributed by atoms with van der Waals surface area (Å²) < 4.78 is 0. The molecule has 1 fully saturated rings. The molecule has 2 amide bonds. The van der Waals surface area contributed by atoms with Crippen LogP contribution in [0.4, 0.5) is 16.6 Å². The zero-order chi connectivity index (χ0) is 24.0. The van der Waals surface area contributed by atoms with Crippen LogP contribution in [0.5, 0.6) is 0 Å². The van der Waals surface area contributed by atoms with E-state index in [9.17, 15) is 14.7 Å². The van der Waals surface area contributed by atoms with Crippen molar-refractivity contribution in [2.24, 2.45) is 11.8 Å². The number of anilines is 2. The summed E-state index contributed by atoms with van der Waals surface area (Å²) in [5, 5.41) is 19.2. The van der Waals surface area contributed by atoms with Crippen molar-refractivity contribution in [2.45, 2.75) is 58.0 Å². The number of urea groups is 1. The first-order valence-electron chi connectivity index (χ1n) is 11.7. The molecule has 0 aliphatic heterocycles. The summed E-state index contributed by atoms with van der Waals surface area (Å²) in [5.41, 5.74) is 0.916. The number of fused-ring (bicyclic) bond motifs is 1. The second-order valence-corrected chi connectivity index (χ2v) is 9.52. The maximum atomic E-state index is 12.2. The Labute approximate surface area is 195 Å². The molecular formula is C24H36N6O3. The van der Waals surface area contributed by atoms with Crippen LogP contribution >= 0.6 is 0 Å². The van der Waals surface area contributed by atoms with Crippen molar-refractivity contribution in [3.05, 3.63) is 24.3 Å². The van der Waals surface area contributed by atoms with Gasteiger partial charge in [-0.1, -0.05) is 26.0 Å². The number of nitrogens with one attached hydrogen (secondary N) is 3. The molecule has 1 aromatic heterocycles. The van der Waals surface area contributed by atoms with Crippen LogP contribution in [-0.2, 0) is 4.79 Å². The summed E-state index contributed by atoms with van der Waals surface area (Å²) in [6.45, 7) is 4.42. The maximum Gasteiger partial charge on any atom is 0.326 e. The van der Waals surface area contributed by atoms with Crippen LogP contribution in [0.15, 0.2) is 24.3 Å². The number of para-hydroxylation sites is 1. The average molecular weight is 457 g/mol. The van der Waals surface area contributed by atoms with Gasteiger partial charge in [0.05, 0.1) is 5.52 Å². The lowest BCUT2D eigenvalue weighted by Gasteiger charge is -2.29. The van der Waals surface area contributed by atoms with Crippen LogP contribution in [0.3, 0.4) is 0 Å². The molecule has 1 aliphatic rings. The van der Waals surface area contributed by atoms with Gasteiger partial charge in [0, 0.05) is 32.1 Å². The van der Waals surface area contributed by atoms with Gasteiger partial charge in [-0.3, -0.25) is 0 Å². The van der Waals surface area contributed by atoms with Gasteiger partial charge in [-0.05, 0) is 56.1 Å². The fourth-order valence-electron chi connectivity index (χ4n) is 4.30. The molecule has 1 saturated carbocycles. The van der Waals surface area contributed by atoms with E-state index in [1.54, 1.807) is 0 Å². The van der Waals surface area contributed by atoms with Gasteiger partial charge < -0.3 is 26.0 Å². The SMILES string of the molecule is CC(C)CC(NC(=O)NC[C@H]1CC[C@@H](Nc2nc(N(C)C)c3ccccc3n2)CC1)C(=O)O. The van der Waals surface area contributed by atoms with E-state index in [0.717, 1.165) is 42.4 Å². The number of carbonyl (C=O) groups excluding carboxylic acids is 1. The van der Waals surface area contributed by atoms with Gasteiger partial charge in [0.25, 0.3) is 0 Å². The van der Waals surface area contributed by atoms with Crippen molar-refractivity contribution in [3.63, 3.8) is 0 Å². The van der Waals surface area contributed by atoms with Crippen LogP contribution in [0, 0.1) is 11.8 Å². The summed E-state index contributed by atoms with van der Waals surface area (Å²) in [7, 11) is 3.96. The first-order valence-corrected chi connectivity index (χ1v) is 11.7. The Bertz CT molecular complexity index is 956. The molecule has 1 heterocycles. The van der Waals surface area contributed by atoms with Gasteiger partial charge in [-0.15, -0.1) is 0 Å². The van der Waals surface area contributed by atoms with Crippen molar-refractivity contribution in [2.75, 3.05) is 30.9 Å². The molecule has 4 N–H and O–H groups in total. The molecule has 33 heavy (non-hydrogen) atoms. The Morgan fingerprint density at radius 2 is 1.82 bits per heavy atom. The third-order valence-corrected chi connectivity index (χ3v) is 6.05. The molecule has 1 aliphatic carbocycles. The first-order chi connectivity index (χ1) is 15.7. The van der Waals surface area contributed by atoms with Crippen LogP contribution in [0.1, 0.15) is 46.0 Å². The van der Waals surface area contributed by atoms with Gasteiger partial charge in [-0.25, -0.2) is 14.6 Å². The molecule has 0 bridgehead atoms. The molecule has 0 radical (unpaired) electrons. The number of carbonyl (C=O) groups is 2. The van der Waals surface area contributed by atoms with E-state index in [-0.39, 0.29) is 12.0 Å². The number of rotatable bonds is 9. The predicted molar refractivity (Wildman–Crippen MR) is 131 cm³/mol. The zero-order valence-electron chi connectivity index (χ0n) is 20.0. The van der Waals surface area contributed by atoms with Crippen LogP contribution in [0.2, 0.25) is 0 Å². The minimum Gasteiger partial charge on any atom is -0.480 e. The van der Waals surface area contributed by atoms with Crippen molar-refractivity contribution in [3.8, 4) is 0 Å². The monoisotopic (exact) mass is 456 g/mol. The largest absolute Gasteiger partial charge is 0.480 e. The number of hydrogen-bond acceptors (Lipinski definition) is 6. The smallest absolute Gasteiger partial charge is 0.326 e. The lowest BCUT2D eigenvalue weighted by atomic mass is 9.86. The van der Waals surface area contributed by atoms with Gasteiger partial charge in [0.2, 0.25) is 5.95 Å². The van der Waals surface area contributed by atoms with E-state index < -0.39 is 18.0 Å². The van der Waals surface area contributed by atoms with Crippen LogP contribution in [-0.4, -0.2) is 59.8 Å². The molecule has 9 nitrogen and oxygen atoms in total. The van der Waals surface area contributed by atoms with Crippen LogP contribution in [0.25, 0.3) is 10.9 Å². The van der Waals surface area contributed by atoms with Gasteiger partial charge in [0.1, 0.15) is 11.9 Å². The summed E-state index contributed by atoms with van der Waals surface area (Å²) in [5.74, 6) is 1.10. The Balaban J connectivity index is 1.48. The lowest BCUT2D eigenvalue weighted by Crippen LogP contribution is -2.47. The highest BCUT2D eigenvalue weighted by molar-refractivity contribution is 5.90. The average Bonchev–Trinajstić information content (AvgIpc) is 2.77. The number of hydrogen-bond donors (Lipinski definition) is 4. The Morgan fingerprint density at radius 3 is 2.45 bits per heavy atom. The molecule has 0 spiro atoms. The fourth-order valence-corrected chi connectivity index (χ4v) is 4.30. The Morgan fingerprint density at radius 1 is 1.12 bits per heavy atom. The van der Waals surface area contributed by atoms with E-state index in [1.165, 1.54) is 0 Å². The molecule has 0 saturated heterocycles. The normalized spacial score (nSPS) is 19.2. The number of carboxylic acids is 1. The molecule has 9 heteroatoms. The molecule has 1 atom stereocenters. The highest BCUT2D eigenvalue weighted by Crippen LogP contribution is 2.28. The minimum absolute atomic E-state index is 0.189. The topological polar surface area (TPSA) is 119 Å². The molecule has 180 valence electrons. The molecule has 1 unspecified atom stereocenters. The zero-order valence-corrected chi connectivity index (χ0v) is 20.0. The van der Waals surface area contributed by atoms with E-state index in [1.807, 2.05) is 57.1 Å². The third kappa shape index (κ3) is 6.94. The first kappa shape index (κ1) is 24.5. The second kappa shape index (κ2) is 11.2. The Hall–Kier alpha value is -3.10. The van der Waals surface area contributed by atoms with E-state index in [4.69, 9.17) is 9.97 Å². The van der Waals surface area contributed by atoms with Crippen molar-refractivity contribution >= 4 is 34.7 Å². The summed E-state index contributed by atoms with van der Waals surface area (Å²) in [4.78, 5) is 34.9. The quantitative estimate of drug-likeness (QED) is 0.456. The maximum absolute atomic E-state index is 12.2. The van der Waals surface area contributed by atoms with Gasteiger partial charge in [-0.2, -0.15) is 4.98 Å². The van der Waals surface area contributed by atoms with Crippen LogP contribution < -0.4 is 20.9 Å². The highest BCUT2D eigenvalue weighted by Gasteiger charge is 2.24. The number of benzene rings is 1. The third-order valence-electron chi connectivity index (χ3n) is 6.05. The number of nitrogens with zero attached hydrogens (tertiary/aromatic N) is 3. The molecule has 1 aromatic carbocycles. The number of amides is 2.